The zero-order valence-corrected chi connectivity index (χ0v) is 19.8. The summed E-state index contributed by atoms with van der Waals surface area (Å²) in [5.41, 5.74) is 1.11. The molecule has 0 amide bonds. The van der Waals surface area contributed by atoms with Gasteiger partial charge in [-0.25, -0.2) is 9.97 Å². The Morgan fingerprint density at radius 1 is 1.10 bits per heavy atom. The van der Waals surface area contributed by atoms with Crippen LogP contribution in [0.3, 0.4) is 0 Å². The van der Waals surface area contributed by atoms with Gasteiger partial charge >= 0.3 is 0 Å². The smallest absolute Gasteiger partial charge is 0.193 e. The quantitative estimate of drug-likeness (QED) is 0.240. The van der Waals surface area contributed by atoms with Crippen LogP contribution >= 0.6 is 35.3 Å². The van der Waals surface area contributed by atoms with Crippen molar-refractivity contribution >= 4 is 57.3 Å². The largest absolute Gasteiger partial charge is 0.356 e. The molecule has 0 aliphatic carbocycles. The standard InChI is InChI=1S/C21H26N6S.HI/c1-22-21(27-15-13-26(14-16-27)19-9-4-5-11-23-19)24-12-6-10-20-25-17-7-2-3-8-18(17)28-20;/h2-5,7-9,11H,6,10,12-16H2,1H3,(H,22,24);1H. The van der Waals surface area contributed by atoms with E-state index in [1.165, 1.54) is 9.71 Å². The maximum absolute atomic E-state index is 4.72. The topological polar surface area (TPSA) is 56.7 Å². The first-order chi connectivity index (χ1) is 13.8. The summed E-state index contributed by atoms with van der Waals surface area (Å²) in [5, 5.41) is 4.73. The highest BCUT2D eigenvalue weighted by Gasteiger charge is 2.20. The summed E-state index contributed by atoms with van der Waals surface area (Å²) in [5.74, 6) is 2.05. The van der Waals surface area contributed by atoms with Gasteiger partial charge in [0, 0.05) is 52.4 Å². The van der Waals surface area contributed by atoms with E-state index in [4.69, 9.17) is 4.98 Å². The molecule has 0 spiro atoms. The van der Waals surface area contributed by atoms with E-state index in [0.717, 1.165) is 62.9 Å². The number of aliphatic imine (C=N–C) groups is 1. The number of hydrogen-bond acceptors (Lipinski definition) is 5. The van der Waals surface area contributed by atoms with Gasteiger partial charge in [-0.2, -0.15) is 0 Å². The van der Waals surface area contributed by atoms with Crippen LogP contribution in [0.4, 0.5) is 5.82 Å². The van der Waals surface area contributed by atoms with E-state index in [2.05, 4.69) is 49.4 Å². The molecule has 0 atom stereocenters. The number of guanidine groups is 1. The molecule has 0 bridgehead atoms. The number of aromatic nitrogens is 2. The van der Waals surface area contributed by atoms with Crippen LogP contribution in [0.1, 0.15) is 11.4 Å². The summed E-state index contributed by atoms with van der Waals surface area (Å²) >= 11 is 1.80. The number of fused-ring (bicyclic) bond motifs is 1. The molecule has 0 saturated carbocycles. The monoisotopic (exact) mass is 522 g/mol. The predicted octanol–water partition coefficient (Wildman–Crippen LogP) is 3.64. The first-order valence-corrected chi connectivity index (χ1v) is 10.6. The first kappa shape index (κ1) is 21.8. The molecule has 0 unspecified atom stereocenters. The molecule has 3 heterocycles. The highest BCUT2D eigenvalue weighted by molar-refractivity contribution is 14.0. The number of nitrogens with one attached hydrogen (secondary N) is 1. The molecule has 1 fully saturated rings. The number of para-hydroxylation sites is 1. The summed E-state index contributed by atoms with van der Waals surface area (Å²) in [6.45, 7) is 4.73. The Hall–Kier alpha value is -1.94. The van der Waals surface area contributed by atoms with Crippen LogP contribution in [0.15, 0.2) is 53.7 Å². The maximum atomic E-state index is 4.72. The molecular formula is C21H27IN6S. The normalized spacial score (nSPS) is 14.7. The Morgan fingerprint density at radius 3 is 2.62 bits per heavy atom. The number of pyridine rings is 1. The average Bonchev–Trinajstić information content (AvgIpc) is 3.17. The molecule has 1 aromatic carbocycles. The molecule has 2 aromatic heterocycles. The molecule has 29 heavy (non-hydrogen) atoms. The number of piperazine rings is 1. The molecule has 1 aliphatic rings. The minimum atomic E-state index is 0. The zero-order valence-electron chi connectivity index (χ0n) is 16.6. The van der Waals surface area contributed by atoms with Crippen molar-refractivity contribution in [2.45, 2.75) is 12.8 Å². The minimum Gasteiger partial charge on any atom is -0.356 e. The van der Waals surface area contributed by atoms with E-state index in [1.54, 1.807) is 11.3 Å². The molecule has 4 rings (SSSR count). The number of nitrogens with zero attached hydrogens (tertiary/aromatic N) is 5. The lowest BCUT2D eigenvalue weighted by molar-refractivity contribution is 0.371. The third-order valence-electron chi connectivity index (χ3n) is 4.95. The number of hydrogen-bond donors (Lipinski definition) is 1. The van der Waals surface area contributed by atoms with E-state index >= 15 is 0 Å². The van der Waals surface area contributed by atoms with E-state index in [1.807, 2.05) is 31.4 Å². The van der Waals surface area contributed by atoms with Crippen molar-refractivity contribution in [3.05, 3.63) is 53.7 Å². The lowest BCUT2D eigenvalue weighted by Gasteiger charge is -2.37. The van der Waals surface area contributed by atoms with Crippen molar-refractivity contribution < 1.29 is 0 Å². The van der Waals surface area contributed by atoms with Gasteiger partial charge in [0.1, 0.15) is 5.82 Å². The van der Waals surface area contributed by atoms with Gasteiger partial charge in [-0.1, -0.05) is 18.2 Å². The van der Waals surface area contributed by atoms with Crippen molar-refractivity contribution in [3.8, 4) is 0 Å². The van der Waals surface area contributed by atoms with Crippen LogP contribution in [0.2, 0.25) is 0 Å². The highest BCUT2D eigenvalue weighted by atomic mass is 127. The average molecular weight is 522 g/mol. The minimum absolute atomic E-state index is 0. The second-order valence-corrected chi connectivity index (χ2v) is 7.93. The summed E-state index contributed by atoms with van der Waals surface area (Å²) in [6, 6.07) is 14.4. The van der Waals surface area contributed by atoms with Gasteiger partial charge in [0.05, 0.1) is 15.2 Å². The number of aryl methyl sites for hydroxylation is 1. The van der Waals surface area contributed by atoms with Gasteiger partial charge in [0.15, 0.2) is 5.96 Å². The molecule has 1 N–H and O–H groups in total. The summed E-state index contributed by atoms with van der Waals surface area (Å²) in [7, 11) is 1.86. The Morgan fingerprint density at radius 2 is 1.90 bits per heavy atom. The van der Waals surface area contributed by atoms with Gasteiger partial charge in [0.25, 0.3) is 0 Å². The molecule has 3 aromatic rings. The zero-order chi connectivity index (χ0) is 19.2. The molecule has 0 radical (unpaired) electrons. The predicted molar refractivity (Wildman–Crippen MR) is 133 cm³/mol. The maximum Gasteiger partial charge on any atom is 0.193 e. The van der Waals surface area contributed by atoms with E-state index in [9.17, 15) is 0 Å². The van der Waals surface area contributed by atoms with E-state index in [0.29, 0.717) is 0 Å². The van der Waals surface area contributed by atoms with Gasteiger partial charge in [-0.05, 0) is 30.7 Å². The second kappa shape index (κ2) is 10.7. The van der Waals surface area contributed by atoms with Gasteiger partial charge in [-0.3, -0.25) is 4.99 Å². The molecular weight excluding hydrogens is 495 g/mol. The fraction of sp³-hybridized carbons (Fsp3) is 0.381. The van der Waals surface area contributed by atoms with Gasteiger partial charge in [-0.15, -0.1) is 35.3 Å². The van der Waals surface area contributed by atoms with E-state index in [-0.39, 0.29) is 24.0 Å². The number of thiazole rings is 1. The molecule has 1 aliphatic heterocycles. The van der Waals surface area contributed by atoms with Crippen LogP contribution in [0.25, 0.3) is 10.2 Å². The van der Waals surface area contributed by atoms with Crippen molar-refractivity contribution in [2.75, 3.05) is 44.7 Å². The number of halogens is 1. The number of benzene rings is 1. The number of rotatable bonds is 5. The van der Waals surface area contributed by atoms with Crippen LogP contribution in [-0.4, -0.2) is 60.6 Å². The first-order valence-electron chi connectivity index (χ1n) is 9.79. The summed E-state index contributed by atoms with van der Waals surface area (Å²) < 4.78 is 1.27. The van der Waals surface area contributed by atoms with Crippen molar-refractivity contribution in [1.82, 2.24) is 20.2 Å². The van der Waals surface area contributed by atoms with Crippen molar-refractivity contribution in [3.63, 3.8) is 0 Å². The Kier molecular flexibility index (Phi) is 8.05. The molecule has 154 valence electrons. The van der Waals surface area contributed by atoms with Crippen LogP contribution in [0, 0.1) is 0 Å². The molecule has 6 nitrogen and oxygen atoms in total. The summed E-state index contributed by atoms with van der Waals surface area (Å²) in [6.07, 6.45) is 3.90. The summed E-state index contributed by atoms with van der Waals surface area (Å²) in [4.78, 5) is 18.3. The highest BCUT2D eigenvalue weighted by Crippen LogP contribution is 2.22. The lowest BCUT2D eigenvalue weighted by atomic mass is 10.3. The second-order valence-electron chi connectivity index (χ2n) is 6.81. The fourth-order valence-corrected chi connectivity index (χ4v) is 4.50. The third kappa shape index (κ3) is 5.57. The Bertz CT molecular complexity index is 888. The third-order valence-corrected chi connectivity index (χ3v) is 6.05. The number of anilines is 1. The fourth-order valence-electron chi connectivity index (χ4n) is 3.49. The molecule has 1 saturated heterocycles. The van der Waals surface area contributed by atoms with Crippen LogP contribution < -0.4 is 10.2 Å². The van der Waals surface area contributed by atoms with Crippen molar-refractivity contribution in [1.29, 1.82) is 0 Å². The lowest BCUT2D eigenvalue weighted by Crippen LogP contribution is -2.52. The van der Waals surface area contributed by atoms with Crippen LogP contribution in [0.5, 0.6) is 0 Å². The van der Waals surface area contributed by atoms with Gasteiger partial charge in [0.2, 0.25) is 0 Å². The van der Waals surface area contributed by atoms with E-state index < -0.39 is 0 Å². The van der Waals surface area contributed by atoms with Gasteiger partial charge < -0.3 is 15.1 Å². The SMILES string of the molecule is CN=C(NCCCc1nc2ccccc2s1)N1CCN(c2ccccn2)CC1.I. The van der Waals surface area contributed by atoms with Crippen molar-refractivity contribution in [2.24, 2.45) is 4.99 Å². The Balaban J connectivity index is 0.00000240. The molecule has 8 heteroatoms. The Labute approximate surface area is 193 Å². The van der Waals surface area contributed by atoms with Crippen LogP contribution in [-0.2, 0) is 6.42 Å².